The van der Waals surface area contributed by atoms with E-state index in [1.165, 1.54) is 14.2 Å². The van der Waals surface area contributed by atoms with E-state index < -0.39 is 5.97 Å². The number of aromatic nitrogens is 1. The maximum Gasteiger partial charge on any atom is 0.358 e. The highest BCUT2D eigenvalue weighted by atomic mass is 16.5. The van der Waals surface area contributed by atoms with Crippen molar-refractivity contribution < 1.29 is 19.4 Å². The Hall–Kier alpha value is -2.17. The molecule has 0 spiro atoms. The number of benzene rings is 1. The van der Waals surface area contributed by atoms with Gasteiger partial charge < -0.3 is 19.6 Å². The molecule has 0 aliphatic heterocycles. The van der Waals surface area contributed by atoms with E-state index in [0.717, 1.165) is 5.56 Å². The number of hydrogen-bond donors (Lipinski definition) is 2. The molecule has 0 fully saturated rings. The zero-order chi connectivity index (χ0) is 12.6. The Morgan fingerprint density at radius 2 is 2.06 bits per heavy atom. The van der Waals surface area contributed by atoms with Crippen molar-refractivity contribution in [2.75, 3.05) is 14.2 Å². The number of nitrogens with one attached hydrogen (secondary N) is 1. The summed E-state index contributed by atoms with van der Waals surface area (Å²) in [4.78, 5) is 14.3. The Balaban J connectivity index is 2.81. The van der Waals surface area contributed by atoms with Crippen LogP contribution in [-0.2, 0) is 4.74 Å². The van der Waals surface area contributed by atoms with Gasteiger partial charge in [-0.05, 0) is 18.6 Å². The number of rotatable bonds is 2. The Kier molecular flexibility index (Phi) is 2.67. The van der Waals surface area contributed by atoms with E-state index in [0.29, 0.717) is 16.7 Å². The van der Waals surface area contributed by atoms with Crippen molar-refractivity contribution in [3.63, 3.8) is 0 Å². The van der Waals surface area contributed by atoms with Crippen LogP contribution in [0, 0.1) is 6.92 Å². The normalized spacial score (nSPS) is 10.5. The maximum atomic E-state index is 11.5. The molecule has 0 bridgehead atoms. The third-order valence-electron chi connectivity index (χ3n) is 2.71. The fourth-order valence-electron chi connectivity index (χ4n) is 1.81. The molecule has 90 valence electrons. The lowest BCUT2D eigenvalue weighted by Crippen LogP contribution is -2.01. The van der Waals surface area contributed by atoms with Gasteiger partial charge in [-0.2, -0.15) is 0 Å². The van der Waals surface area contributed by atoms with Crippen LogP contribution >= 0.6 is 0 Å². The summed E-state index contributed by atoms with van der Waals surface area (Å²) in [5.74, 6) is -0.248. The third-order valence-corrected chi connectivity index (χ3v) is 2.71. The molecule has 0 aliphatic carbocycles. The Morgan fingerprint density at radius 1 is 1.35 bits per heavy atom. The second-order valence-corrected chi connectivity index (χ2v) is 3.67. The van der Waals surface area contributed by atoms with E-state index in [-0.39, 0.29) is 11.4 Å². The van der Waals surface area contributed by atoms with Crippen LogP contribution < -0.4 is 4.74 Å². The molecule has 0 saturated carbocycles. The molecule has 0 unspecified atom stereocenters. The number of esters is 1. The van der Waals surface area contributed by atoms with E-state index in [4.69, 9.17) is 4.74 Å². The minimum absolute atomic E-state index is 0.0371. The van der Waals surface area contributed by atoms with E-state index in [9.17, 15) is 9.90 Å². The number of aromatic amines is 1. The zero-order valence-corrected chi connectivity index (χ0v) is 9.83. The summed E-state index contributed by atoms with van der Waals surface area (Å²) in [6.45, 7) is 1.87. The first-order valence-corrected chi connectivity index (χ1v) is 5.06. The molecule has 0 amide bonds. The predicted molar refractivity (Wildman–Crippen MR) is 62.6 cm³/mol. The van der Waals surface area contributed by atoms with Gasteiger partial charge in [0.2, 0.25) is 0 Å². The number of carbonyl (C=O) groups excluding carboxylic acids is 1. The van der Waals surface area contributed by atoms with Crippen molar-refractivity contribution in [1.82, 2.24) is 4.98 Å². The monoisotopic (exact) mass is 235 g/mol. The van der Waals surface area contributed by atoms with Gasteiger partial charge in [0.15, 0.2) is 11.4 Å². The van der Waals surface area contributed by atoms with Crippen LogP contribution in [0.2, 0.25) is 0 Å². The van der Waals surface area contributed by atoms with E-state index in [1.54, 1.807) is 6.07 Å². The average Bonchev–Trinajstić information content (AvgIpc) is 2.69. The second kappa shape index (κ2) is 4.01. The lowest BCUT2D eigenvalue weighted by molar-refractivity contribution is 0.0592. The van der Waals surface area contributed by atoms with Crippen LogP contribution in [0.25, 0.3) is 10.9 Å². The molecule has 0 atom stereocenters. The first-order chi connectivity index (χ1) is 8.10. The highest BCUT2D eigenvalue weighted by Crippen LogP contribution is 2.37. The quantitative estimate of drug-likeness (QED) is 0.781. The predicted octanol–water partition coefficient (Wildman–Crippen LogP) is 1.98. The van der Waals surface area contributed by atoms with Crippen molar-refractivity contribution in [2.24, 2.45) is 0 Å². The fourth-order valence-corrected chi connectivity index (χ4v) is 1.81. The highest BCUT2D eigenvalue weighted by molar-refractivity contribution is 6.04. The third kappa shape index (κ3) is 1.60. The lowest BCUT2D eigenvalue weighted by atomic mass is 10.1. The zero-order valence-electron chi connectivity index (χ0n) is 9.83. The molecule has 2 rings (SSSR count). The number of methoxy groups -OCH3 is 2. The van der Waals surface area contributed by atoms with Crippen molar-refractivity contribution in [1.29, 1.82) is 0 Å². The molecule has 1 heterocycles. The van der Waals surface area contributed by atoms with Gasteiger partial charge in [-0.25, -0.2) is 4.79 Å². The summed E-state index contributed by atoms with van der Waals surface area (Å²) in [5.41, 5.74) is 1.61. The van der Waals surface area contributed by atoms with Gasteiger partial charge in [-0.1, -0.05) is 6.07 Å². The number of fused-ring (bicyclic) bond motifs is 1. The lowest BCUT2D eigenvalue weighted by Gasteiger charge is -2.03. The van der Waals surface area contributed by atoms with E-state index >= 15 is 0 Å². The van der Waals surface area contributed by atoms with Crippen LogP contribution in [0.15, 0.2) is 12.1 Å². The molecule has 2 N–H and O–H groups in total. The number of carbonyl (C=O) groups is 1. The minimum Gasteiger partial charge on any atom is -0.505 e. The van der Waals surface area contributed by atoms with Gasteiger partial charge in [0.1, 0.15) is 5.75 Å². The summed E-state index contributed by atoms with van der Waals surface area (Å²) < 4.78 is 9.75. The van der Waals surface area contributed by atoms with Crippen LogP contribution in [0.3, 0.4) is 0 Å². The van der Waals surface area contributed by atoms with Gasteiger partial charge in [-0.15, -0.1) is 0 Å². The second-order valence-electron chi connectivity index (χ2n) is 3.67. The molecule has 5 nitrogen and oxygen atoms in total. The Labute approximate surface area is 98.0 Å². The summed E-state index contributed by atoms with van der Waals surface area (Å²) in [6, 6.07) is 3.59. The maximum absolute atomic E-state index is 11.5. The SMILES string of the molecule is COC(=O)c1[nH]c2c(C)ccc(OC)c2c1O. The molecule has 17 heavy (non-hydrogen) atoms. The van der Waals surface area contributed by atoms with Crippen molar-refractivity contribution in [3.8, 4) is 11.5 Å². The van der Waals surface area contributed by atoms with Gasteiger partial charge in [0, 0.05) is 0 Å². The molecule has 0 aliphatic rings. The Bertz CT molecular complexity index is 586. The number of aryl methyl sites for hydroxylation is 1. The topological polar surface area (TPSA) is 71.6 Å². The smallest absolute Gasteiger partial charge is 0.358 e. The molecular formula is C12H13NO4. The first kappa shape index (κ1) is 11.3. The van der Waals surface area contributed by atoms with Crippen LogP contribution in [0.5, 0.6) is 11.5 Å². The summed E-state index contributed by atoms with van der Waals surface area (Å²) >= 11 is 0. The van der Waals surface area contributed by atoms with Gasteiger partial charge >= 0.3 is 5.97 Å². The molecule has 1 aromatic heterocycles. The largest absolute Gasteiger partial charge is 0.505 e. The van der Waals surface area contributed by atoms with E-state index in [1.807, 2.05) is 13.0 Å². The molecule has 1 aromatic carbocycles. The van der Waals surface area contributed by atoms with Crippen LogP contribution in [0.1, 0.15) is 16.1 Å². The first-order valence-electron chi connectivity index (χ1n) is 5.06. The molecule has 0 saturated heterocycles. The minimum atomic E-state index is -0.611. The summed E-state index contributed by atoms with van der Waals surface area (Å²) in [7, 11) is 2.77. The van der Waals surface area contributed by atoms with Crippen LogP contribution in [-0.4, -0.2) is 30.3 Å². The highest BCUT2D eigenvalue weighted by Gasteiger charge is 2.21. The van der Waals surface area contributed by atoms with Crippen LogP contribution in [0.4, 0.5) is 0 Å². The number of H-pyrrole nitrogens is 1. The molecule has 2 aromatic rings. The number of aromatic hydroxyl groups is 1. The van der Waals surface area contributed by atoms with Gasteiger partial charge in [-0.3, -0.25) is 0 Å². The standard InChI is InChI=1S/C12H13NO4/c1-6-4-5-7(16-2)8-9(6)13-10(11(8)14)12(15)17-3/h4-5,13-14H,1-3H3. The van der Waals surface area contributed by atoms with E-state index in [2.05, 4.69) is 9.72 Å². The van der Waals surface area contributed by atoms with Crippen molar-refractivity contribution in [3.05, 3.63) is 23.4 Å². The molecular weight excluding hydrogens is 222 g/mol. The molecule has 5 heteroatoms. The van der Waals surface area contributed by atoms with Crippen molar-refractivity contribution in [2.45, 2.75) is 6.92 Å². The number of ether oxygens (including phenoxy) is 2. The van der Waals surface area contributed by atoms with Gasteiger partial charge in [0.05, 0.1) is 25.1 Å². The average molecular weight is 235 g/mol. The summed E-state index contributed by atoms with van der Waals surface area (Å²) in [6.07, 6.45) is 0. The van der Waals surface area contributed by atoms with Crippen molar-refractivity contribution >= 4 is 16.9 Å². The number of hydrogen-bond acceptors (Lipinski definition) is 4. The summed E-state index contributed by atoms with van der Waals surface area (Å²) in [5, 5.41) is 10.5. The Morgan fingerprint density at radius 3 is 2.65 bits per heavy atom. The van der Waals surface area contributed by atoms with Gasteiger partial charge in [0.25, 0.3) is 0 Å². The molecule has 0 radical (unpaired) electrons. The fraction of sp³-hybridized carbons (Fsp3) is 0.250.